The number of carbonyl (C=O) groups is 1. The largest absolute Gasteiger partial charge is 0.416 e. The van der Waals surface area contributed by atoms with E-state index < -0.39 is 23.1 Å². The maximum absolute atomic E-state index is 12.6. The summed E-state index contributed by atoms with van der Waals surface area (Å²) in [6, 6.07) is 5.19. The number of H-pyrrole nitrogens is 1. The third-order valence-corrected chi connectivity index (χ3v) is 2.70. The van der Waals surface area contributed by atoms with E-state index in [1.165, 1.54) is 18.3 Å². The van der Waals surface area contributed by atoms with Gasteiger partial charge < -0.3 is 10.7 Å². The van der Waals surface area contributed by atoms with E-state index >= 15 is 0 Å². The van der Waals surface area contributed by atoms with Crippen LogP contribution < -0.4 is 11.3 Å². The van der Waals surface area contributed by atoms with Gasteiger partial charge in [0.15, 0.2) is 5.78 Å². The van der Waals surface area contributed by atoms with E-state index in [1.807, 2.05) is 0 Å². The molecule has 0 unspecified atom stereocenters. The van der Waals surface area contributed by atoms with Gasteiger partial charge in [-0.05, 0) is 18.2 Å². The fraction of sp³-hybridized carbons (Fsp3) is 0.0769. The molecular weight excluding hydrogens is 273 g/mol. The van der Waals surface area contributed by atoms with E-state index in [1.54, 1.807) is 0 Å². The highest BCUT2D eigenvalue weighted by Crippen LogP contribution is 2.30. The number of anilines is 1. The number of carbonyl (C=O) groups excluding carboxylic acids is 1. The predicted octanol–water partition coefficient (Wildman–Crippen LogP) is 2.21. The third kappa shape index (κ3) is 2.56. The van der Waals surface area contributed by atoms with Crippen molar-refractivity contribution in [3.05, 3.63) is 63.6 Å². The van der Waals surface area contributed by atoms with Crippen molar-refractivity contribution in [2.45, 2.75) is 6.18 Å². The number of aromatic amines is 1. The molecule has 7 heteroatoms. The van der Waals surface area contributed by atoms with Crippen LogP contribution >= 0.6 is 0 Å². The zero-order valence-electron chi connectivity index (χ0n) is 9.99. The molecule has 4 nitrogen and oxygen atoms in total. The number of hydrogen-bond acceptors (Lipinski definition) is 3. The van der Waals surface area contributed by atoms with E-state index in [4.69, 9.17) is 5.73 Å². The summed E-state index contributed by atoms with van der Waals surface area (Å²) < 4.78 is 37.8. The van der Waals surface area contributed by atoms with Crippen LogP contribution in [-0.4, -0.2) is 10.8 Å². The van der Waals surface area contributed by atoms with Crippen molar-refractivity contribution in [2.24, 2.45) is 0 Å². The van der Waals surface area contributed by atoms with Crippen LogP contribution in [0.3, 0.4) is 0 Å². The second kappa shape index (κ2) is 4.84. The number of aromatic nitrogens is 1. The summed E-state index contributed by atoms with van der Waals surface area (Å²) in [5.41, 5.74) is 3.22. The molecule has 0 bridgehead atoms. The lowest BCUT2D eigenvalue weighted by Gasteiger charge is -2.08. The van der Waals surface area contributed by atoms with Crippen LogP contribution in [0.25, 0.3) is 0 Å². The maximum Gasteiger partial charge on any atom is 0.416 e. The van der Waals surface area contributed by atoms with Crippen LogP contribution in [0.5, 0.6) is 0 Å². The molecule has 2 rings (SSSR count). The summed E-state index contributed by atoms with van der Waals surface area (Å²) in [4.78, 5) is 25.7. The molecule has 1 aromatic carbocycles. The summed E-state index contributed by atoms with van der Waals surface area (Å²) >= 11 is 0. The van der Waals surface area contributed by atoms with Gasteiger partial charge in [0, 0.05) is 11.8 Å². The molecule has 2 aromatic rings. The highest BCUT2D eigenvalue weighted by molar-refractivity contribution is 6.11. The molecule has 0 atom stereocenters. The van der Waals surface area contributed by atoms with Gasteiger partial charge >= 0.3 is 6.18 Å². The molecule has 0 saturated heterocycles. The zero-order chi connectivity index (χ0) is 14.9. The Morgan fingerprint density at radius 2 is 1.90 bits per heavy atom. The van der Waals surface area contributed by atoms with Gasteiger partial charge in [0.2, 0.25) is 0 Å². The van der Waals surface area contributed by atoms with E-state index in [9.17, 15) is 22.8 Å². The minimum absolute atomic E-state index is 0.131. The lowest BCUT2D eigenvalue weighted by Crippen LogP contribution is -2.17. The van der Waals surface area contributed by atoms with Crippen LogP contribution in [0.4, 0.5) is 18.9 Å². The normalized spacial score (nSPS) is 11.3. The van der Waals surface area contributed by atoms with Crippen LogP contribution in [0, 0.1) is 0 Å². The molecule has 0 aliphatic rings. The minimum Gasteiger partial charge on any atom is -0.394 e. The number of alkyl halides is 3. The Hall–Kier alpha value is -2.57. The Morgan fingerprint density at radius 3 is 2.55 bits per heavy atom. The van der Waals surface area contributed by atoms with Crippen molar-refractivity contribution in [3.8, 4) is 0 Å². The highest BCUT2D eigenvalue weighted by atomic mass is 19.4. The second-order valence-corrected chi connectivity index (χ2v) is 4.04. The van der Waals surface area contributed by atoms with Crippen LogP contribution in [-0.2, 0) is 6.18 Å². The molecule has 0 amide bonds. The van der Waals surface area contributed by atoms with Gasteiger partial charge in [-0.25, -0.2) is 0 Å². The number of rotatable bonds is 2. The Kier molecular flexibility index (Phi) is 3.35. The van der Waals surface area contributed by atoms with Crippen molar-refractivity contribution in [2.75, 3.05) is 5.73 Å². The topological polar surface area (TPSA) is 76.0 Å². The number of nitrogen functional groups attached to an aromatic ring is 1. The first kappa shape index (κ1) is 13.9. The molecule has 0 spiro atoms. The van der Waals surface area contributed by atoms with Crippen LogP contribution in [0.2, 0.25) is 0 Å². The van der Waals surface area contributed by atoms with Crippen molar-refractivity contribution in [1.29, 1.82) is 0 Å². The van der Waals surface area contributed by atoms with E-state index in [2.05, 4.69) is 4.98 Å². The van der Waals surface area contributed by atoms with Gasteiger partial charge in [0.1, 0.15) is 5.69 Å². The summed E-state index contributed by atoms with van der Waals surface area (Å²) in [7, 11) is 0. The number of nitrogens with one attached hydrogen (secondary N) is 1. The van der Waals surface area contributed by atoms with Gasteiger partial charge in [-0.1, -0.05) is 12.1 Å². The van der Waals surface area contributed by atoms with Gasteiger partial charge in [0.25, 0.3) is 5.56 Å². The van der Waals surface area contributed by atoms with Crippen molar-refractivity contribution in [1.82, 2.24) is 4.98 Å². The zero-order valence-corrected chi connectivity index (χ0v) is 9.99. The SMILES string of the molecule is Nc1c(C(=O)c2cccc(C(F)(F)F)c2)cc[nH]c1=O. The van der Waals surface area contributed by atoms with Gasteiger partial charge in [-0.3, -0.25) is 9.59 Å². The number of hydrogen-bond donors (Lipinski definition) is 2. The Balaban J connectivity index is 2.49. The molecule has 0 radical (unpaired) electrons. The standard InChI is InChI=1S/C13H9F3N2O2/c14-13(15,16)8-3-1-2-7(6-8)11(19)9-4-5-18-12(20)10(9)17/h1-6H,17H2,(H,18,20). The average Bonchev–Trinajstić information content (AvgIpc) is 2.40. The summed E-state index contributed by atoms with van der Waals surface area (Å²) in [6.07, 6.45) is -3.34. The Morgan fingerprint density at radius 1 is 1.20 bits per heavy atom. The maximum atomic E-state index is 12.6. The number of halogens is 3. The van der Waals surface area contributed by atoms with E-state index in [-0.39, 0.29) is 16.8 Å². The number of nitrogens with two attached hydrogens (primary N) is 1. The van der Waals surface area contributed by atoms with Gasteiger partial charge in [-0.2, -0.15) is 13.2 Å². The molecule has 1 aromatic heterocycles. The predicted molar refractivity (Wildman–Crippen MR) is 66.4 cm³/mol. The third-order valence-electron chi connectivity index (χ3n) is 2.70. The smallest absolute Gasteiger partial charge is 0.394 e. The molecule has 104 valence electrons. The van der Waals surface area contributed by atoms with Crippen molar-refractivity contribution < 1.29 is 18.0 Å². The molecule has 20 heavy (non-hydrogen) atoms. The first-order valence-electron chi connectivity index (χ1n) is 5.50. The number of benzene rings is 1. The molecule has 0 aliphatic carbocycles. The van der Waals surface area contributed by atoms with E-state index in [0.717, 1.165) is 18.2 Å². The summed E-state index contributed by atoms with van der Waals surface area (Å²) in [6.45, 7) is 0. The van der Waals surface area contributed by atoms with E-state index in [0.29, 0.717) is 0 Å². The molecule has 3 N–H and O–H groups in total. The first-order chi connectivity index (χ1) is 9.30. The van der Waals surface area contributed by atoms with Gasteiger partial charge in [0.05, 0.1) is 11.1 Å². The van der Waals surface area contributed by atoms with Crippen LogP contribution in [0.1, 0.15) is 21.5 Å². The quantitative estimate of drug-likeness (QED) is 0.829. The highest BCUT2D eigenvalue weighted by Gasteiger charge is 2.31. The molecular formula is C13H9F3N2O2. The lowest BCUT2D eigenvalue weighted by molar-refractivity contribution is -0.137. The molecule has 1 heterocycles. The summed E-state index contributed by atoms with van der Waals surface area (Å²) in [5.74, 6) is -0.736. The Labute approximate surface area is 111 Å². The minimum atomic E-state index is -4.55. The van der Waals surface area contributed by atoms with Gasteiger partial charge in [-0.15, -0.1) is 0 Å². The van der Waals surface area contributed by atoms with Crippen LogP contribution in [0.15, 0.2) is 41.3 Å². The van der Waals surface area contributed by atoms with Crippen molar-refractivity contribution >= 4 is 11.5 Å². The summed E-state index contributed by atoms with van der Waals surface area (Å²) in [5, 5.41) is 0. The fourth-order valence-corrected chi connectivity index (χ4v) is 1.68. The molecule has 0 aliphatic heterocycles. The molecule has 0 saturated carbocycles. The number of pyridine rings is 1. The van der Waals surface area contributed by atoms with Crippen molar-refractivity contribution in [3.63, 3.8) is 0 Å². The lowest BCUT2D eigenvalue weighted by atomic mass is 10.0. The average molecular weight is 282 g/mol. The Bertz CT molecular complexity index is 720. The second-order valence-electron chi connectivity index (χ2n) is 4.04. The fourth-order valence-electron chi connectivity index (χ4n) is 1.68. The monoisotopic (exact) mass is 282 g/mol. The molecule has 0 fully saturated rings. The number of ketones is 1. The first-order valence-corrected chi connectivity index (χ1v) is 5.50.